The molecule has 3 heteroatoms. The van der Waals surface area contributed by atoms with Crippen molar-refractivity contribution in [2.75, 3.05) is 25.1 Å². The minimum Gasteiger partial charge on any atom is -0.497 e. The molecular weight excluding hydrogens is 212 g/mol. The van der Waals surface area contributed by atoms with Crippen LogP contribution in [-0.2, 0) is 6.54 Å². The van der Waals surface area contributed by atoms with E-state index >= 15 is 0 Å². The van der Waals surface area contributed by atoms with Crippen molar-refractivity contribution in [2.24, 2.45) is 11.7 Å². The molecule has 2 N–H and O–H groups in total. The van der Waals surface area contributed by atoms with E-state index in [2.05, 4.69) is 37.8 Å². The fourth-order valence-electron chi connectivity index (χ4n) is 1.98. The predicted octanol–water partition coefficient (Wildman–Crippen LogP) is 2.64. The van der Waals surface area contributed by atoms with E-state index in [1.807, 2.05) is 6.07 Å². The summed E-state index contributed by atoms with van der Waals surface area (Å²) in [5.74, 6) is 1.52. The Morgan fingerprint density at radius 1 is 1.35 bits per heavy atom. The summed E-state index contributed by atoms with van der Waals surface area (Å²) in [6.45, 7) is 9.21. The highest BCUT2D eigenvalue weighted by Crippen LogP contribution is 2.26. The normalized spacial score (nSPS) is 10.7. The second kappa shape index (κ2) is 6.50. The van der Waals surface area contributed by atoms with E-state index in [0.29, 0.717) is 12.5 Å². The van der Waals surface area contributed by atoms with Crippen molar-refractivity contribution in [1.29, 1.82) is 0 Å². The minimum atomic E-state index is 0.563. The van der Waals surface area contributed by atoms with Crippen LogP contribution in [0.1, 0.15) is 26.3 Å². The topological polar surface area (TPSA) is 38.5 Å². The molecule has 96 valence electrons. The summed E-state index contributed by atoms with van der Waals surface area (Å²) in [6.07, 6.45) is 0. The first-order valence-corrected chi connectivity index (χ1v) is 6.24. The molecule has 0 unspecified atom stereocenters. The second-order valence-electron chi connectivity index (χ2n) is 4.63. The van der Waals surface area contributed by atoms with Gasteiger partial charge in [0, 0.05) is 31.4 Å². The first kappa shape index (κ1) is 13.8. The molecular formula is C14H24N2O. The van der Waals surface area contributed by atoms with Crippen LogP contribution in [0, 0.1) is 5.92 Å². The molecule has 1 aromatic rings. The molecule has 0 radical (unpaired) electrons. The van der Waals surface area contributed by atoms with Crippen molar-refractivity contribution < 1.29 is 4.74 Å². The van der Waals surface area contributed by atoms with E-state index in [-0.39, 0.29) is 0 Å². The highest BCUT2D eigenvalue weighted by atomic mass is 16.5. The number of ether oxygens (including phenoxy) is 1. The summed E-state index contributed by atoms with van der Waals surface area (Å²) in [7, 11) is 1.69. The molecule has 0 saturated carbocycles. The van der Waals surface area contributed by atoms with Crippen LogP contribution in [0.4, 0.5) is 5.69 Å². The highest BCUT2D eigenvalue weighted by Gasteiger charge is 2.11. The number of hydrogen-bond acceptors (Lipinski definition) is 3. The fraction of sp³-hybridized carbons (Fsp3) is 0.571. The molecule has 17 heavy (non-hydrogen) atoms. The molecule has 0 amide bonds. The van der Waals surface area contributed by atoms with Crippen LogP contribution < -0.4 is 15.4 Å². The first-order chi connectivity index (χ1) is 8.12. The van der Waals surface area contributed by atoms with Crippen LogP contribution in [0.15, 0.2) is 18.2 Å². The monoisotopic (exact) mass is 236 g/mol. The Bertz CT molecular complexity index is 350. The smallest absolute Gasteiger partial charge is 0.120 e. The predicted molar refractivity (Wildman–Crippen MR) is 73.6 cm³/mol. The van der Waals surface area contributed by atoms with Crippen molar-refractivity contribution in [2.45, 2.75) is 27.3 Å². The van der Waals surface area contributed by atoms with Crippen LogP contribution in [0.3, 0.4) is 0 Å². The van der Waals surface area contributed by atoms with E-state index in [0.717, 1.165) is 18.8 Å². The summed E-state index contributed by atoms with van der Waals surface area (Å²) in [4.78, 5) is 2.36. The van der Waals surface area contributed by atoms with Crippen molar-refractivity contribution in [3.05, 3.63) is 23.8 Å². The molecule has 0 bridgehead atoms. The maximum absolute atomic E-state index is 5.80. The maximum Gasteiger partial charge on any atom is 0.120 e. The molecule has 0 aliphatic carbocycles. The first-order valence-electron chi connectivity index (χ1n) is 6.24. The highest BCUT2D eigenvalue weighted by molar-refractivity contribution is 5.57. The van der Waals surface area contributed by atoms with Gasteiger partial charge in [-0.15, -0.1) is 0 Å². The standard InChI is InChI=1S/C14H24N2O/c1-5-16(10-11(2)3)14-8-13(17-4)7-6-12(14)9-15/h6-8,11H,5,9-10,15H2,1-4H3. The van der Waals surface area contributed by atoms with Gasteiger partial charge in [-0.1, -0.05) is 19.9 Å². The lowest BCUT2D eigenvalue weighted by Gasteiger charge is -2.27. The summed E-state index contributed by atoms with van der Waals surface area (Å²) >= 11 is 0. The minimum absolute atomic E-state index is 0.563. The molecule has 1 aromatic carbocycles. The average molecular weight is 236 g/mol. The zero-order chi connectivity index (χ0) is 12.8. The number of nitrogens with two attached hydrogens (primary N) is 1. The largest absolute Gasteiger partial charge is 0.497 e. The third-order valence-corrected chi connectivity index (χ3v) is 2.82. The van der Waals surface area contributed by atoms with E-state index in [1.165, 1.54) is 11.3 Å². The SMILES string of the molecule is CCN(CC(C)C)c1cc(OC)ccc1CN. The number of nitrogens with zero attached hydrogens (tertiary/aromatic N) is 1. The lowest BCUT2D eigenvalue weighted by Crippen LogP contribution is -2.28. The Kier molecular flexibility index (Phi) is 5.29. The molecule has 0 aromatic heterocycles. The number of rotatable bonds is 6. The van der Waals surface area contributed by atoms with E-state index in [1.54, 1.807) is 7.11 Å². The molecule has 0 atom stereocenters. The van der Waals surface area contributed by atoms with Gasteiger partial charge in [0.1, 0.15) is 5.75 Å². The molecule has 3 nitrogen and oxygen atoms in total. The number of hydrogen-bond donors (Lipinski definition) is 1. The van der Waals surface area contributed by atoms with E-state index < -0.39 is 0 Å². The van der Waals surface area contributed by atoms with Gasteiger partial charge in [-0.2, -0.15) is 0 Å². The van der Waals surface area contributed by atoms with E-state index in [4.69, 9.17) is 10.5 Å². The third-order valence-electron chi connectivity index (χ3n) is 2.82. The van der Waals surface area contributed by atoms with Gasteiger partial charge in [0.15, 0.2) is 0 Å². The van der Waals surface area contributed by atoms with Crippen LogP contribution in [-0.4, -0.2) is 20.2 Å². The molecule has 0 aliphatic heterocycles. The molecule has 0 aliphatic rings. The van der Waals surface area contributed by atoms with E-state index in [9.17, 15) is 0 Å². The molecule has 1 rings (SSSR count). The van der Waals surface area contributed by atoms with Gasteiger partial charge in [-0.3, -0.25) is 0 Å². The quantitative estimate of drug-likeness (QED) is 0.825. The average Bonchev–Trinajstić information content (AvgIpc) is 2.34. The molecule has 0 saturated heterocycles. The zero-order valence-electron chi connectivity index (χ0n) is 11.4. The fourth-order valence-corrected chi connectivity index (χ4v) is 1.98. The van der Waals surface area contributed by atoms with Crippen LogP contribution in [0.2, 0.25) is 0 Å². The number of methoxy groups -OCH3 is 1. The van der Waals surface area contributed by atoms with Crippen molar-refractivity contribution in [1.82, 2.24) is 0 Å². The number of benzene rings is 1. The maximum atomic E-state index is 5.80. The molecule has 0 spiro atoms. The summed E-state index contributed by atoms with van der Waals surface area (Å²) in [6, 6.07) is 6.10. The van der Waals surface area contributed by atoms with Crippen LogP contribution >= 0.6 is 0 Å². The van der Waals surface area contributed by atoms with Gasteiger partial charge in [0.05, 0.1) is 7.11 Å². The Labute approximate surface area is 105 Å². The van der Waals surface area contributed by atoms with Gasteiger partial charge < -0.3 is 15.4 Å². The van der Waals surface area contributed by atoms with Crippen LogP contribution in [0.25, 0.3) is 0 Å². The lowest BCUT2D eigenvalue weighted by molar-refractivity contribution is 0.414. The Morgan fingerprint density at radius 2 is 2.06 bits per heavy atom. The summed E-state index contributed by atoms with van der Waals surface area (Å²) < 4.78 is 5.29. The second-order valence-corrected chi connectivity index (χ2v) is 4.63. The van der Waals surface area contributed by atoms with Gasteiger partial charge in [-0.05, 0) is 24.5 Å². The Morgan fingerprint density at radius 3 is 2.53 bits per heavy atom. The Hall–Kier alpha value is -1.22. The van der Waals surface area contributed by atoms with Crippen molar-refractivity contribution in [3.8, 4) is 5.75 Å². The summed E-state index contributed by atoms with van der Waals surface area (Å²) in [5, 5.41) is 0. The van der Waals surface area contributed by atoms with Gasteiger partial charge in [0.2, 0.25) is 0 Å². The zero-order valence-corrected chi connectivity index (χ0v) is 11.4. The lowest BCUT2D eigenvalue weighted by atomic mass is 10.1. The van der Waals surface area contributed by atoms with Gasteiger partial charge in [-0.25, -0.2) is 0 Å². The van der Waals surface area contributed by atoms with Crippen molar-refractivity contribution >= 4 is 5.69 Å². The summed E-state index contributed by atoms with van der Waals surface area (Å²) in [5.41, 5.74) is 8.17. The molecule has 0 heterocycles. The Balaban J connectivity index is 3.05. The van der Waals surface area contributed by atoms with Crippen LogP contribution in [0.5, 0.6) is 5.75 Å². The third kappa shape index (κ3) is 3.63. The molecule has 0 fully saturated rings. The van der Waals surface area contributed by atoms with Crippen molar-refractivity contribution in [3.63, 3.8) is 0 Å². The van der Waals surface area contributed by atoms with Gasteiger partial charge in [0.25, 0.3) is 0 Å². The number of anilines is 1. The van der Waals surface area contributed by atoms with Gasteiger partial charge >= 0.3 is 0 Å².